The zero-order chi connectivity index (χ0) is 28.0. The number of ketones is 2. The summed E-state index contributed by atoms with van der Waals surface area (Å²) in [6.07, 6.45) is 1.55. The maximum Gasteiger partial charge on any atom is 2.00 e. The van der Waals surface area contributed by atoms with Crippen LogP contribution in [-0.2, 0) is 29.4 Å². The average Bonchev–Trinajstić information content (AvgIpc) is 2.79. The normalized spacial score (nSPS) is 10.1. The van der Waals surface area contributed by atoms with E-state index < -0.39 is 12.6 Å². The van der Waals surface area contributed by atoms with Gasteiger partial charge in [-0.25, -0.2) is 0 Å². The number of aliphatic carboxylic acids is 1. The molecular formula is C28H32Cl2O6Os. The van der Waals surface area contributed by atoms with E-state index in [1.807, 2.05) is 0 Å². The molecule has 37 heavy (non-hydrogen) atoms. The maximum atomic E-state index is 11.9. The predicted octanol–water partition coefficient (Wildman–Crippen LogP) is 5.23. The molecular weight excluding hydrogens is 693 g/mol. The predicted molar refractivity (Wildman–Crippen MR) is 140 cm³/mol. The Kier molecular flexibility index (Phi) is 18.6. The van der Waals surface area contributed by atoms with Crippen LogP contribution in [0.2, 0.25) is 10.0 Å². The molecule has 2 rings (SSSR count). The minimum absolute atomic E-state index is 0. The van der Waals surface area contributed by atoms with Crippen LogP contribution < -0.4 is 14.9 Å². The van der Waals surface area contributed by atoms with Crippen LogP contribution in [0.1, 0.15) is 68.4 Å². The summed E-state index contributed by atoms with van der Waals surface area (Å²) >= 11 is 11.9. The number of benzene rings is 2. The molecule has 0 bridgehead atoms. The van der Waals surface area contributed by atoms with Gasteiger partial charge in [-0.2, -0.15) is 0 Å². The Bertz CT molecular complexity index is 1090. The van der Waals surface area contributed by atoms with Gasteiger partial charge in [0.2, 0.25) is 0 Å². The molecule has 0 unspecified atom stereocenters. The summed E-state index contributed by atoms with van der Waals surface area (Å²) in [5.74, 6) is -1.33. The van der Waals surface area contributed by atoms with Crippen LogP contribution in [0.25, 0.3) is 0 Å². The van der Waals surface area contributed by atoms with Gasteiger partial charge in [-0.15, -0.1) is 5.76 Å². The van der Waals surface area contributed by atoms with Crippen molar-refractivity contribution >= 4 is 40.7 Å². The molecule has 9 heteroatoms. The van der Waals surface area contributed by atoms with Gasteiger partial charge >= 0.3 is 19.8 Å². The third-order valence-corrected chi connectivity index (χ3v) is 5.40. The third kappa shape index (κ3) is 14.8. The minimum Gasteiger partial charge on any atom is -0.876 e. The number of carboxylic acids is 1. The summed E-state index contributed by atoms with van der Waals surface area (Å²) in [5.41, 5.74) is 3.37. The van der Waals surface area contributed by atoms with E-state index >= 15 is 0 Å². The van der Waals surface area contributed by atoms with Crippen LogP contribution in [0.4, 0.5) is 0 Å². The molecule has 0 saturated carbocycles. The summed E-state index contributed by atoms with van der Waals surface area (Å²) in [7, 11) is 0. The number of hydrogen-bond donors (Lipinski definition) is 0. The van der Waals surface area contributed by atoms with Gasteiger partial charge in [-0.3, -0.25) is 9.59 Å². The zero-order valence-electron chi connectivity index (χ0n) is 21.8. The Morgan fingerprint density at radius 2 is 1.54 bits per heavy atom. The fraction of sp³-hybridized carbons (Fsp3) is 0.321. The van der Waals surface area contributed by atoms with Crippen molar-refractivity contribution in [1.29, 1.82) is 0 Å². The fourth-order valence-corrected chi connectivity index (χ4v) is 3.01. The molecule has 0 heterocycles. The molecule has 0 radical (unpaired) electrons. The molecule has 0 spiro atoms. The molecule has 2 aromatic carbocycles. The van der Waals surface area contributed by atoms with Crippen LogP contribution in [0.5, 0.6) is 5.75 Å². The van der Waals surface area contributed by atoms with Gasteiger partial charge in [0, 0.05) is 5.56 Å². The number of allylic oxidation sites excluding steroid dienone is 3. The number of halogens is 2. The van der Waals surface area contributed by atoms with Gasteiger partial charge < -0.3 is 19.7 Å². The third-order valence-electron chi connectivity index (χ3n) is 4.54. The molecule has 2 aromatic rings. The maximum absolute atomic E-state index is 11.9. The Labute approximate surface area is 242 Å². The summed E-state index contributed by atoms with van der Waals surface area (Å²) in [4.78, 5) is 32.2. The first-order valence-electron chi connectivity index (χ1n) is 11.2. The zero-order valence-corrected chi connectivity index (χ0v) is 25.9. The summed E-state index contributed by atoms with van der Waals surface area (Å²) in [6.45, 7) is 14.0. The van der Waals surface area contributed by atoms with Crippen molar-refractivity contribution < 1.29 is 49.1 Å². The quantitative estimate of drug-likeness (QED) is 0.210. The van der Waals surface area contributed by atoms with Crippen molar-refractivity contribution in [2.75, 3.05) is 6.61 Å². The van der Waals surface area contributed by atoms with E-state index in [0.29, 0.717) is 17.9 Å². The fourth-order valence-electron chi connectivity index (χ4n) is 2.54. The van der Waals surface area contributed by atoms with Gasteiger partial charge in [-0.1, -0.05) is 87.3 Å². The molecule has 6 nitrogen and oxygen atoms in total. The summed E-state index contributed by atoms with van der Waals surface area (Å²) < 4.78 is 4.89. The molecule has 0 aliphatic rings. The molecule has 0 fully saturated rings. The Morgan fingerprint density at radius 1 is 1.00 bits per heavy atom. The minimum atomic E-state index is -1.38. The van der Waals surface area contributed by atoms with E-state index in [1.165, 1.54) is 37.1 Å². The first-order valence-corrected chi connectivity index (χ1v) is 11.9. The topological polar surface area (TPSA) is 107 Å². The van der Waals surface area contributed by atoms with Gasteiger partial charge in [-0.05, 0) is 55.5 Å². The van der Waals surface area contributed by atoms with Crippen molar-refractivity contribution in [3.05, 3.63) is 87.1 Å². The SMILES string of the molecule is C=C(CC)C(=O)c1ccc(OCC(=O)[O-])c(Cl)c1Cl.CC(=O)/C=C(/C)[O-].Cc1ccc(C(C)C)cc1.[Os+2]. The molecule has 0 aromatic heterocycles. The van der Waals surface area contributed by atoms with Crippen molar-refractivity contribution in [1.82, 2.24) is 0 Å². The van der Waals surface area contributed by atoms with Crippen molar-refractivity contribution in [2.24, 2.45) is 0 Å². The Morgan fingerprint density at radius 3 is 1.92 bits per heavy atom. The van der Waals surface area contributed by atoms with Gasteiger partial charge in [0.25, 0.3) is 0 Å². The smallest absolute Gasteiger partial charge is 0.876 e. The number of carbonyl (C=O) groups excluding carboxylic acids is 3. The summed E-state index contributed by atoms with van der Waals surface area (Å²) in [6, 6.07) is 11.5. The Hall–Kier alpha value is -2.45. The van der Waals surface area contributed by atoms with E-state index in [9.17, 15) is 24.6 Å². The number of aryl methyl sites for hydroxylation is 1. The number of ether oxygens (including phenoxy) is 1. The van der Waals surface area contributed by atoms with Crippen LogP contribution in [0.3, 0.4) is 0 Å². The number of hydrogen-bond acceptors (Lipinski definition) is 6. The second kappa shape index (κ2) is 18.7. The first kappa shape index (κ1) is 36.7. The van der Waals surface area contributed by atoms with E-state index in [4.69, 9.17) is 27.9 Å². The molecule has 0 N–H and O–H groups in total. The van der Waals surface area contributed by atoms with Crippen molar-refractivity contribution in [3.8, 4) is 5.75 Å². The van der Waals surface area contributed by atoms with Gasteiger partial charge in [0.1, 0.15) is 17.4 Å². The van der Waals surface area contributed by atoms with Crippen LogP contribution in [0.15, 0.2) is 60.4 Å². The number of carboxylic acid groups (broad SMARTS) is 1. The number of rotatable bonds is 8. The molecule has 202 valence electrons. The number of Topliss-reactive ketones (excluding diaryl/α,β-unsaturated/α-hetero) is 1. The van der Waals surface area contributed by atoms with E-state index in [0.717, 1.165) is 6.08 Å². The average molecular weight is 726 g/mol. The van der Waals surface area contributed by atoms with E-state index in [-0.39, 0.29) is 58.5 Å². The first-order chi connectivity index (χ1) is 16.7. The second-order valence-corrected chi connectivity index (χ2v) is 8.87. The van der Waals surface area contributed by atoms with Crippen LogP contribution in [-0.4, -0.2) is 24.1 Å². The van der Waals surface area contributed by atoms with E-state index in [2.05, 4.69) is 51.6 Å². The molecule has 0 aliphatic carbocycles. The number of carbonyl (C=O) groups is 3. The van der Waals surface area contributed by atoms with E-state index in [1.54, 1.807) is 6.92 Å². The molecule has 0 aliphatic heterocycles. The van der Waals surface area contributed by atoms with Crippen LogP contribution >= 0.6 is 23.2 Å². The Balaban J connectivity index is 0. The monoisotopic (exact) mass is 726 g/mol. The van der Waals surface area contributed by atoms with Crippen LogP contribution in [0, 0.1) is 6.92 Å². The van der Waals surface area contributed by atoms with Gasteiger partial charge in [0.15, 0.2) is 11.6 Å². The molecule has 0 amide bonds. The van der Waals surface area contributed by atoms with Crippen molar-refractivity contribution in [3.63, 3.8) is 0 Å². The second-order valence-electron chi connectivity index (χ2n) is 8.12. The largest absolute Gasteiger partial charge is 2.00 e. The summed E-state index contributed by atoms with van der Waals surface area (Å²) in [5, 5.41) is 20.3. The molecule has 0 saturated heterocycles. The van der Waals surface area contributed by atoms with Crippen molar-refractivity contribution in [2.45, 2.75) is 53.9 Å². The standard InChI is InChI=1S/C13H12Cl2O4.C10H14.C5H8O2.Os/c1-3-7(2)13(18)8-4-5-9(12(15)11(8)14)19-6-10(16)17;1-8(2)10-6-4-9(3)5-7-10;1-4(6)3-5(2)7;/h4-5H,2-3,6H2,1H3,(H,16,17);4-8H,1-3H3;3,6H,1-2H3;/q;;;+2/p-2/b;;4-3-;. The molecule has 0 atom stereocenters. The van der Waals surface area contributed by atoms with Gasteiger partial charge in [0.05, 0.1) is 11.0 Å².